The second kappa shape index (κ2) is 11.6. The quantitative estimate of drug-likeness (QED) is 0.405. The fourth-order valence-electron chi connectivity index (χ4n) is 1.95. The van der Waals surface area contributed by atoms with Crippen LogP contribution in [0.25, 0.3) is 0 Å². The van der Waals surface area contributed by atoms with Crippen molar-refractivity contribution in [3.8, 4) is 0 Å². The average molecular weight is 340 g/mol. The fraction of sp³-hybridized carbons (Fsp3) is 0.529. The smallest absolute Gasteiger partial charge is 0.339 e. The van der Waals surface area contributed by atoms with Gasteiger partial charge in [0.2, 0.25) is 0 Å². The molecule has 7 heteroatoms. The van der Waals surface area contributed by atoms with E-state index in [1.807, 2.05) is 0 Å². The van der Waals surface area contributed by atoms with Gasteiger partial charge in [-0.15, -0.1) is 0 Å². The van der Waals surface area contributed by atoms with E-state index in [1.165, 1.54) is 12.1 Å². The summed E-state index contributed by atoms with van der Waals surface area (Å²) in [5.41, 5.74) is 0.143. The lowest BCUT2D eigenvalue weighted by molar-refractivity contribution is 0.00900. The van der Waals surface area contributed by atoms with Crippen molar-refractivity contribution in [1.29, 1.82) is 0 Å². The fourth-order valence-corrected chi connectivity index (χ4v) is 1.95. The molecule has 0 aliphatic carbocycles. The summed E-state index contributed by atoms with van der Waals surface area (Å²) < 4.78 is 10.0. The molecule has 3 N–H and O–H groups in total. The van der Waals surface area contributed by atoms with Crippen molar-refractivity contribution in [1.82, 2.24) is 0 Å². The van der Waals surface area contributed by atoms with Gasteiger partial charge in [0.1, 0.15) is 12.7 Å². The molecule has 1 unspecified atom stereocenters. The van der Waals surface area contributed by atoms with Gasteiger partial charge in [-0.25, -0.2) is 9.59 Å². The molecule has 1 aromatic carbocycles. The number of benzene rings is 1. The van der Waals surface area contributed by atoms with Crippen LogP contribution < -0.4 is 0 Å². The zero-order valence-electron chi connectivity index (χ0n) is 13.5. The molecule has 0 saturated carbocycles. The van der Waals surface area contributed by atoms with E-state index in [1.54, 1.807) is 12.1 Å². The Kier molecular flexibility index (Phi) is 9.67. The van der Waals surface area contributed by atoms with Crippen LogP contribution >= 0.6 is 0 Å². The van der Waals surface area contributed by atoms with E-state index in [2.05, 4.69) is 0 Å². The van der Waals surface area contributed by atoms with Crippen molar-refractivity contribution in [3.05, 3.63) is 35.4 Å². The van der Waals surface area contributed by atoms with Gasteiger partial charge in [-0.1, -0.05) is 18.6 Å². The molecular formula is C17H24O7. The lowest BCUT2D eigenvalue weighted by Gasteiger charge is -2.11. The second-order valence-corrected chi connectivity index (χ2v) is 5.25. The first-order chi connectivity index (χ1) is 11.6. The summed E-state index contributed by atoms with van der Waals surface area (Å²) in [6.45, 7) is -0.492. The number of carbonyl (C=O) groups is 2. The van der Waals surface area contributed by atoms with Gasteiger partial charge in [0, 0.05) is 6.61 Å². The molecule has 0 bridgehead atoms. The molecule has 0 aliphatic rings. The Labute approximate surface area is 140 Å². The van der Waals surface area contributed by atoms with Crippen molar-refractivity contribution in [2.45, 2.75) is 31.8 Å². The van der Waals surface area contributed by atoms with Crippen LogP contribution in [0.1, 0.15) is 46.4 Å². The summed E-state index contributed by atoms with van der Waals surface area (Å²) in [5, 5.41) is 26.6. The Hall–Kier alpha value is -1.96. The van der Waals surface area contributed by atoms with E-state index in [0.29, 0.717) is 6.42 Å². The summed E-state index contributed by atoms with van der Waals surface area (Å²) >= 11 is 0. The van der Waals surface area contributed by atoms with Crippen molar-refractivity contribution in [3.63, 3.8) is 0 Å². The van der Waals surface area contributed by atoms with Gasteiger partial charge in [0.05, 0.1) is 24.3 Å². The Balaban J connectivity index is 2.55. The molecular weight excluding hydrogens is 316 g/mol. The number of hydrogen-bond donors (Lipinski definition) is 3. The molecule has 0 spiro atoms. The first-order valence-electron chi connectivity index (χ1n) is 7.93. The second-order valence-electron chi connectivity index (χ2n) is 5.25. The van der Waals surface area contributed by atoms with Gasteiger partial charge >= 0.3 is 11.9 Å². The lowest BCUT2D eigenvalue weighted by atomic mass is 10.1. The number of hydrogen-bond acceptors (Lipinski definition) is 7. The van der Waals surface area contributed by atoms with Crippen LogP contribution in [0.3, 0.4) is 0 Å². The van der Waals surface area contributed by atoms with Crippen LogP contribution in [0, 0.1) is 0 Å². The number of ether oxygens (including phenoxy) is 2. The molecule has 0 aromatic heterocycles. The maximum absolute atomic E-state index is 12.1. The zero-order valence-corrected chi connectivity index (χ0v) is 13.5. The van der Waals surface area contributed by atoms with E-state index < -0.39 is 24.6 Å². The number of aliphatic hydroxyl groups is 3. The van der Waals surface area contributed by atoms with Crippen LogP contribution in [0.15, 0.2) is 24.3 Å². The van der Waals surface area contributed by atoms with Crippen molar-refractivity contribution in [2.75, 3.05) is 26.4 Å². The number of aliphatic hydroxyl groups excluding tert-OH is 3. The Morgan fingerprint density at radius 2 is 1.50 bits per heavy atom. The molecule has 0 saturated heterocycles. The predicted molar refractivity (Wildman–Crippen MR) is 85.7 cm³/mol. The minimum atomic E-state index is -1.16. The number of carbonyl (C=O) groups excluding carboxylic acids is 2. The SMILES string of the molecule is O=C(OCCCCCCO)c1ccccc1C(=O)OCC(O)CO. The summed E-state index contributed by atoms with van der Waals surface area (Å²) in [6, 6.07) is 6.10. The van der Waals surface area contributed by atoms with Gasteiger partial charge in [-0.05, 0) is 31.4 Å². The number of rotatable bonds is 11. The minimum absolute atomic E-state index is 0.0490. The standard InChI is InChI=1S/C17H24O7/c18-9-5-1-2-6-10-23-16(21)14-7-3-4-8-15(14)17(22)24-12-13(20)11-19/h3-4,7-8,13,18-20H,1-2,5-6,9-12H2. The van der Waals surface area contributed by atoms with Crippen LogP contribution in [0.2, 0.25) is 0 Å². The number of esters is 2. The molecule has 0 aliphatic heterocycles. The Morgan fingerprint density at radius 3 is 2.08 bits per heavy atom. The van der Waals surface area contributed by atoms with E-state index in [9.17, 15) is 14.7 Å². The van der Waals surface area contributed by atoms with Gasteiger partial charge in [-0.2, -0.15) is 0 Å². The van der Waals surface area contributed by atoms with E-state index in [-0.39, 0.29) is 30.9 Å². The molecule has 7 nitrogen and oxygen atoms in total. The third kappa shape index (κ3) is 7.08. The average Bonchev–Trinajstić information content (AvgIpc) is 2.62. The van der Waals surface area contributed by atoms with E-state index in [4.69, 9.17) is 19.7 Å². The van der Waals surface area contributed by atoms with Crippen LogP contribution in [-0.2, 0) is 9.47 Å². The molecule has 0 fully saturated rings. The van der Waals surface area contributed by atoms with E-state index >= 15 is 0 Å². The largest absolute Gasteiger partial charge is 0.462 e. The predicted octanol–water partition coefficient (Wildman–Crippen LogP) is 0.906. The van der Waals surface area contributed by atoms with Crippen molar-refractivity contribution in [2.24, 2.45) is 0 Å². The molecule has 0 radical (unpaired) electrons. The maximum atomic E-state index is 12.1. The highest BCUT2D eigenvalue weighted by Gasteiger charge is 2.19. The Bertz CT molecular complexity index is 515. The topological polar surface area (TPSA) is 113 Å². The lowest BCUT2D eigenvalue weighted by Crippen LogP contribution is -2.23. The summed E-state index contributed by atoms with van der Waals surface area (Å²) in [6.07, 6.45) is 1.95. The van der Waals surface area contributed by atoms with E-state index in [0.717, 1.165) is 19.3 Å². The van der Waals surface area contributed by atoms with Crippen LogP contribution in [-0.4, -0.2) is 59.8 Å². The van der Waals surface area contributed by atoms with Gasteiger partial charge in [0.15, 0.2) is 0 Å². The van der Waals surface area contributed by atoms with Crippen molar-refractivity contribution < 1.29 is 34.4 Å². The third-order valence-electron chi connectivity index (χ3n) is 3.27. The van der Waals surface area contributed by atoms with Gasteiger partial charge < -0.3 is 24.8 Å². The summed E-state index contributed by atoms with van der Waals surface area (Å²) in [4.78, 5) is 24.1. The molecule has 0 amide bonds. The molecule has 0 heterocycles. The Morgan fingerprint density at radius 1 is 0.917 bits per heavy atom. The minimum Gasteiger partial charge on any atom is -0.462 e. The summed E-state index contributed by atoms with van der Waals surface area (Å²) in [7, 11) is 0. The summed E-state index contributed by atoms with van der Waals surface area (Å²) in [5.74, 6) is -1.38. The molecule has 1 rings (SSSR count). The normalized spacial score (nSPS) is 11.8. The third-order valence-corrected chi connectivity index (χ3v) is 3.27. The highest BCUT2D eigenvalue weighted by Crippen LogP contribution is 2.13. The van der Waals surface area contributed by atoms with Crippen molar-refractivity contribution >= 4 is 11.9 Å². The monoisotopic (exact) mass is 340 g/mol. The highest BCUT2D eigenvalue weighted by molar-refractivity contribution is 6.03. The van der Waals surface area contributed by atoms with Crippen LogP contribution in [0.5, 0.6) is 0 Å². The van der Waals surface area contributed by atoms with Crippen LogP contribution in [0.4, 0.5) is 0 Å². The number of unbranched alkanes of at least 4 members (excludes halogenated alkanes) is 3. The maximum Gasteiger partial charge on any atom is 0.339 e. The van der Waals surface area contributed by atoms with Gasteiger partial charge in [0.25, 0.3) is 0 Å². The first-order valence-corrected chi connectivity index (χ1v) is 7.93. The molecule has 24 heavy (non-hydrogen) atoms. The first kappa shape index (κ1) is 20.1. The highest BCUT2D eigenvalue weighted by atomic mass is 16.5. The molecule has 1 aromatic rings. The molecule has 134 valence electrons. The zero-order chi connectivity index (χ0) is 17.8. The van der Waals surface area contributed by atoms with Gasteiger partial charge in [-0.3, -0.25) is 0 Å². The molecule has 1 atom stereocenters.